The number of nitrogens with one attached hydrogen (secondary N) is 3. The van der Waals surface area contributed by atoms with Gasteiger partial charge in [0.05, 0.1) is 12.7 Å². The molecule has 3 aromatic heterocycles. The van der Waals surface area contributed by atoms with Crippen LogP contribution in [0.25, 0.3) is 22.4 Å². The number of rotatable bonds is 10. The molecule has 17 heteroatoms. The van der Waals surface area contributed by atoms with Gasteiger partial charge in [-0.2, -0.15) is 18.3 Å². The third-order valence-corrected chi connectivity index (χ3v) is 9.15. The molecule has 6 aromatic rings. The molecule has 6 rings (SSSR count). The van der Waals surface area contributed by atoms with E-state index in [0.29, 0.717) is 54.9 Å². The van der Waals surface area contributed by atoms with E-state index < -0.39 is 23.7 Å². The summed E-state index contributed by atoms with van der Waals surface area (Å²) in [5.74, 6) is -0.300. The first-order valence-electron chi connectivity index (χ1n) is 16.2. The number of aromatic amines is 1. The predicted octanol–water partition coefficient (Wildman–Crippen LogP) is 7.48. The second-order valence-corrected chi connectivity index (χ2v) is 13.5. The van der Waals surface area contributed by atoms with Crippen LogP contribution in [-0.2, 0) is 19.6 Å². The molecule has 0 fully saturated rings. The number of benzene rings is 3. The molecule has 280 valence electrons. The lowest BCUT2D eigenvalue weighted by Gasteiger charge is -2.16. The Morgan fingerprint density at radius 1 is 0.873 bits per heavy atom. The van der Waals surface area contributed by atoms with Gasteiger partial charge < -0.3 is 26.8 Å². The Morgan fingerprint density at radius 2 is 1.49 bits per heavy atom. The van der Waals surface area contributed by atoms with Crippen LogP contribution in [0.15, 0.2) is 89.4 Å². The molecule has 2 amide bonds. The molecule has 0 radical (unpaired) electrons. The zero-order valence-electron chi connectivity index (χ0n) is 28.9. The predicted molar refractivity (Wildman–Crippen MR) is 205 cm³/mol. The van der Waals surface area contributed by atoms with Crippen LogP contribution in [0, 0.1) is 0 Å². The van der Waals surface area contributed by atoms with Gasteiger partial charge in [0.15, 0.2) is 12.7 Å². The molecular weight excluding hydrogens is 805 g/mol. The number of nitrogen functional groups attached to an aromatic ring is 2. The van der Waals surface area contributed by atoms with Gasteiger partial charge in [-0.1, -0.05) is 27.5 Å². The Kier molecular flexibility index (Phi) is 10.9. The first kappa shape index (κ1) is 38.5. The first-order chi connectivity index (χ1) is 26.1. The quantitative estimate of drug-likeness (QED) is 0.0696. The van der Waals surface area contributed by atoms with Crippen molar-refractivity contribution in [1.82, 2.24) is 15.1 Å². The van der Waals surface area contributed by atoms with Gasteiger partial charge >= 0.3 is 6.18 Å². The summed E-state index contributed by atoms with van der Waals surface area (Å²) in [6, 6.07) is 21.8. The number of carbonyl (C=O) groups is 3. The molecule has 3 aromatic carbocycles. The van der Waals surface area contributed by atoms with E-state index in [1.54, 1.807) is 66.7 Å². The van der Waals surface area contributed by atoms with E-state index in [9.17, 15) is 27.6 Å². The SMILES string of the molecule is COc1cc(C=O)c(Cc2cc(Br)cc(C(=O)Nc3ccc(-c4cc(C(F)(F)F)[nH][n+]4C)c(N)n3)c2)cc1-c1ccc(NC(=O)c2ccc(Cl)cc2)nc1N. The molecule has 0 aliphatic carbocycles. The number of aromatic nitrogens is 4. The largest absolute Gasteiger partial charge is 0.496 e. The van der Waals surface area contributed by atoms with E-state index in [0.717, 1.165) is 6.07 Å². The van der Waals surface area contributed by atoms with Crippen LogP contribution in [0.1, 0.15) is 47.9 Å². The first-order valence-corrected chi connectivity index (χ1v) is 17.3. The Hall–Kier alpha value is -6.26. The monoisotopic (exact) mass is 833 g/mol. The highest BCUT2D eigenvalue weighted by Gasteiger charge is 2.37. The van der Waals surface area contributed by atoms with Crippen LogP contribution in [-0.4, -0.2) is 40.3 Å². The molecule has 0 saturated heterocycles. The fourth-order valence-corrected chi connectivity index (χ4v) is 6.47. The number of H-pyrrole nitrogens is 1. The van der Waals surface area contributed by atoms with Crippen LogP contribution >= 0.6 is 27.5 Å². The number of ether oxygens (including phenoxy) is 1. The summed E-state index contributed by atoms with van der Waals surface area (Å²) in [5, 5.41) is 8.10. The fourth-order valence-electron chi connectivity index (χ4n) is 5.81. The summed E-state index contributed by atoms with van der Waals surface area (Å²) >= 11 is 9.39. The molecule has 0 unspecified atom stereocenters. The second kappa shape index (κ2) is 15.6. The number of anilines is 4. The van der Waals surface area contributed by atoms with Gasteiger partial charge in [0.25, 0.3) is 11.8 Å². The van der Waals surface area contributed by atoms with E-state index in [1.165, 1.54) is 31.0 Å². The van der Waals surface area contributed by atoms with Gasteiger partial charge in [0.2, 0.25) is 5.69 Å². The maximum absolute atomic E-state index is 13.4. The smallest absolute Gasteiger partial charge is 0.436 e. The van der Waals surface area contributed by atoms with Crippen molar-refractivity contribution < 1.29 is 37.0 Å². The summed E-state index contributed by atoms with van der Waals surface area (Å²) in [6.07, 6.45) is -3.68. The zero-order chi connectivity index (χ0) is 39.6. The molecule has 12 nitrogen and oxygen atoms in total. The van der Waals surface area contributed by atoms with Crippen molar-refractivity contribution in [2.45, 2.75) is 12.6 Å². The number of alkyl halides is 3. The third kappa shape index (κ3) is 8.60. The van der Waals surface area contributed by atoms with Crippen LogP contribution < -0.4 is 31.5 Å². The second-order valence-electron chi connectivity index (χ2n) is 12.2. The highest BCUT2D eigenvalue weighted by Crippen LogP contribution is 2.37. The number of nitrogens with zero attached hydrogens (tertiary/aromatic N) is 3. The zero-order valence-corrected chi connectivity index (χ0v) is 31.2. The number of halogens is 5. The molecule has 0 saturated carbocycles. The Balaban J connectivity index is 1.23. The van der Waals surface area contributed by atoms with Crippen LogP contribution in [0.2, 0.25) is 5.02 Å². The van der Waals surface area contributed by atoms with E-state index in [-0.39, 0.29) is 46.5 Å². The summed E-state index contributed by atoms with van der Waals surface area (Å²) < 4.78 is 47.0. The number of methoxy groups -OCH3 is 1. The summed E-state index contributed by atoms with van der Waals surface area (Å²) in [5.41, 5.74) is 15.1. The minimum atomic E-state index is -4.58. The molecule has 0 bridgehead atoms. The summed E-state index contributed by atoms with van der Waals surface area (Å²) in [4.78, 5) is 46.9. The van der Waals surface area contributed by atoms with Crippen molar-refractivity contribution in [3.63, 3.8) is 0 Å². The average molecular weight is 835 g/mol. The number of hydrogen-bond donors (Lipinski definition) is 5. The Morgan fingerprint density at radius 3 is 2.05 bits per heavy atom. The number of amides is 2. The van der Waals surface area contributed by atoms with Crippen molar-refractivity contribution in [3.05, 3.63) is 128 Å². The van der Waals surface area contributed by atoms with E-state index in [1.807, 2.05) is 0 Å². The number of aldehydes is 1. The highest BCUT2D eigenvalue weighted by atomic mass is 79.9. The minimum Gasteiger partial charge on any atom is -0.496 e. The number of nitrogens with two attached hydrogens (primary N) is 2. The molecule has 0 aliphatic heterocycles. The van der Waals surface area contributed by atoms with Gasteiger partial charge in [-0.15, -0.1) is 4.68 Å². The number of hydrogen-bond acceptors (Lipinski definition) is 8. The van der Waals surface area contributed by atoms with Crippen molar-refractivity contribution in [2.75, 3.05) is 29.2 Å². The van der Waals surface area contributed by atoms with Gasteiger partial charge in [0, 0.05) is 43.4 Å². The van der Waals surface area contributed by atoms with Crippen molar-refractivity contribution in [2.24, 2.45) is 7.05 Å². The third-order valence-electron chi connectivity index (χ3n) is 8.44. The minimum absolute atomic E-state index is 0.0757. The standard InChI is InChI=1S/C38H29BrClF3N8O4/c1-51-29(17-31(50-51)38(41,42)43)27-8-10-33(47-35(27)45)49-37(54)22-12-19(13-24(39)14-22)11-21-15-28(30(55-2)16-23(21)18-52)26-7-9-32(46-34(26)44)48-36(53)20-3-5-25(40)6-4-20/h3-10,12-18H,11H2,1-2H3,(H6,44,45,46,47,48,49,50,52,53,54)/p+1. The van der Waals surface area contributed by atoms with Crippen LogP contribution in [0.4, 0.5) is 36.4 Å². The van der Waals surface area contributed by atoms with Crippen molar-refractivity contribution in [1.29, 1.82) is 0 Å². The maximum atomic E-state index is 13.4. The lowest BCUT2D eigenvalue weighted by molar-refractivity contribution is -0.717. The van der Waals surface area contributed by atoms with Gasteiger partial charge in [0.1, 0.15) is 35.3 Å². The van der Waals surface area contributed by atoms with E-state index in [2.05, 4.69) is 41.6 Å². The van der Waals surface area contributed by atoms with Crippen molar-refractivity contribution in [3.8, 4) is 28.1 Å². The number of carbonyl (C=O) groups excluding carboxylic acids is 3. The summed E-state index contributed by atoms with van der Waals surface area (Å²) in [6.45, 7) is 0. The van der Waals surface area contributed by atoms with Gasteiger partial charge in [-0.25, -0.2) is 9.97 Å². The number of pyridine rings is 2. The Bertz CT molecular complexity index is 2470. The van der Waals surface area contributed by atoms with E-state index in [4.69, 9.17) is 27.8 Å². The summed E-state index contributed by atoms with van der Waals surface area (Å²) in [7, 11) is 2.86. The van der Waals surface area contributed by atoms with Crippen molar-refractivity contribution >= 4 is 68.9 Å². The molecule has 0 spiro atoms. The molecule has 55 heavy (non-hydrogen) atoms. The molecule has 0 atom stereocenters. The number of aryl methyl sites for hydroxylation is 1. The fraction of sp³-hybridized carbons (Fsp3) is 0.105. The normalized spacial score (nSPS) is 11.3. The lowest BCUT2D eigenvalue weighted by atomic mass is 9.94. The molecule has 3 heterocycles. The topological polar surface area (TPSA) is 182 Å². The molecule has 7 N–H and O–H groups in total. The highest BCUT2D eigenvalue weighted by molar-refractivity contribution is 9.10. The van der Waals surface area contributed by atoms with Crippen LogP contribution in [0.3, 0.4) is 0 Å². The van der Waals surface area contributed by atoms with Gasteiger partial charge in [-0.3, -0.25) is 14.4 Å². The molecular formula is C38H30BrClF3N8O4+. The molecule has 0 aliphatic rings. The average Bonchev–Trinajstić information content (AvgIpc) is 3.53. The maximum Gasteiger partial charge on any atom is 0.436 e. The van der Waals surface area contributed by atoms with E-state index >= 15 is 0 Å². The lowest BCUT2D eigenvalue weighted by Crippen LogP contribution is -2.33. The van der Waals surface area contributed by atoms with Gasteiger partial charge in [-0.05, 0) is 96.4 Å². The van der Waals surface area contributed by atoms with Crippen LogP contribution in [0.5, 0.6) is 5.75 Å². The Labute approximate surface area is 324 Å².